The molecule has 0 spiro atoms. The van der Waals surface area contributed by atoms with Crippen LogP contribution >= 0.6 is 0 Å². The van der Waals surface area contributed by atoms with Crippen LogP contribution in [-0.2, 0) is 0 Å². The molecule has 2 fully saturated rings. The second-order valence-electron chi connectivity index (χ2n) is 7.11. The zero-order chi connectivity index (χ0) is 13.8. The van der Waals surface area contributed by atoms with Gasteiger partial charge in [0.2, 0.25) is 0 Å². The summed E-state index contributed by atoms with van der Waals surface area (Å²) in [6.07, 6.45) is 7.07. The molecule has 112 valence electrons. The predicted octanol–water partition coefficient (Wildman–Crippen LogP) is 3.52. The van der Waals surface area contributed by atoms with Gasteiger partial charge in [-0.25, -0.2) is 0 Å². The van der Waals surface area contributed by atoms with Gasteiger partial charge >= 0.3 is 0 Å². The molecular weight excluding hydrogens is 232 g/mol. The lowest BCUT2D eigenvalue weighted by molar-refractivity contribution is 0.111. The molecule has 2 heteroatoms. The summed E-state index contributed by atoms with van der Waals surface area (Å²) in [7, 11) is 0. The van der Waals surface area contributed by atoms with Crippen molar-refractivity contribution in [2.75, 3.05) is 19.6 Å². The van der Waals surface area contributed by atoms with Crippen LogP contribution in [0.2, 0.25) is 0 Å². The molecule has 0 aromatic heterocycles. The van der Waals surface area contributed by atoms with Gasteiger partial charge in [-0.15, -0.1) is 0 Å². The van der Waals surface area contributed by atoms with E-state index >= 15 is 0 Å². The lowest BCUT2D eigenvalue weighted by Gasteiger charge is -2.42. The van der Waals surface area contributed by atoms with E-state index in [2.05, 4.69) is 37.9 Å². The van der Waals surface area contributed by atoms with Gasteiger partial charge in [-0.1, -0.05) is 40.5 Å². The van der Waals surface area contributed by atoms with Crippen LogP contribution in [0.3, 0.4) is 0 Å². The van der Waals surface area contributed by atoms with Gasteiger partial charge in [0.15, 0.2) is 0 Å². The number of hydrogen-bond donors (Lipinski definition) is 1. The average Bonchev–Trinajstić information content (AvgIpc) is 2.72. The highest BCUT2D eigenvalue weighted by atomic mass is 15.2. The predicted molar refractivity (Wildman–Crippen MR) is 83.4 cm³/mol. The summed E-state index contributed by atoms with van der Waals surface area (Å²) in [5, 5.41) is 3.76. The lowest BCUT2D eigenvalue weighted by atomic mass is 9.79. The molecule has 2 rings (SSSR count). The molecule has 5 atom stereocenters. The third-order valence-corrected chi connectivity index (χ3v) is 5.57. The molecule has 0 aromatic carbocycles. The fraction of sp³-hybridized carbons (Fsp3) is 1.00. The number of nitrogens with zero attached hydrogens (tertiary/aromatic N) is 1. The topological polar surface area (TPSA) is 15.3 Å². The molecule has 1 saturated heterocycles. The van der Waals surface area contributed by atoms with Crippen molar-refractivity contribution in [1.82, 2.24) is 10.2 Å². The summed E-state index contributed by atoms with van der Waals surface area (Å²) in [4.78, 5) is 2.81. The Morgan fingerprint density at radius 1 is 1.05 bits per heavy atom. The highest BCUT2D eigenvalue weighted by Gasteiger charge is 2.38. The maximum atomic E-state index is 3.76. The van der Waals surface area contributed by atoms with E-state index in [4.69, 9.17) is 0 Å². The molecule has 2 nitrogen and oxygen atoms in total. The van der Waals surface area contributed by atoms with Gasteiger partial charge in [0.25, 0.3) is 0 Å². The van der Waals surface area contributed by atoms with E-state index in [0.29, 0.717) is 0 Å². The fourth-order valence-electron chi connectivity index (χ4n) is 4.25. The molecule has 1 aliphatic heterocycles. The first-order chi connectivity index (χ1) is 9.15. The van der Waals surface area contributed by atoms with E-state index < -0.39 is 0 Å². The quantitative estimate of drug-likeness (QED) is 0.819. The van der Waals surface area contributed by atoms with Crippen molar-refractivity contribution in [2.24, 2.45) is 17.8 Å². The van der Waals surface area contributed by atoms with Crippen molar-refractivity contribution in [1.29, 1.82) is 0 Å². The van der Waals surface area contributed by atoms with E-state index in [0.717, 1.165) is 36.4 Å². The number of nitrogens with one attached hydrogen (secondary N) is 1. The molecule has 1 N–H and O–H groups in total. The number of likely N-dealkylation sites (tertiary alicyclic amines) is 1. The van der Waals surface area contributed by atoms with Crippen molar-refractivity contribution >= 4 is 0 Å². The van der Waals surface area contributed by atoms with Crippen molar-refractivity contribution in [3.05, 3.63) is 0 Å². The number of hydrogen-bond acceptors (Lipinski definition) is 2. The van der Waals surface area contributed by atoms with Gasteiger partial charge in [0, 0.05) is 25.2 Å². The molecule has 0 amide bonds. The minimum absolute atomic E-state index is 0.746. The summed E-state index contributed by atoms with van der Waals surface area (Å²) in [5.41, 5.74) is 0. The molecule has 1 aliphatic carbocycles. The van der Waals surface area contributed by atoms with Gasteiger partial charge in [-0.2, -0.15) is 0 Å². The average molecular weight is 266 g/mol. The number of likely N-dealkylation sites (N-methyl/N-ethyl adjacent to an activating group) is 1. The minimum atomic E-state index is 0.746. The van der Waals surface area contributed by atoms with Gasteiger partial charge in [0.1, 0.15) is 0 Å². The van der Waals surface area contributed by atoms with Crippen molar-refractivity contribution in [2.45, 2.75) is 71.9 Å². The Hall–Kier alpha value is -0.0800. The van der Waals surface area contributed by atoms with Crippen LogP contribution in [0.4, 0.5) is 0 Å². The molecule has 19 heavy (non-hydrogen) atoms. The zero-order valence-electron chi connectivity index (χ0n) is 13.5. The van der Waals surface area contributed by atoms with Gasteiger partial charge in [0.05, 0.1) is 0 Å². The van der Waals surface area contributed by atoms with Crippen molar-refractivity contribution < 1.29 is 0 Å². The Kier molecular flexibility index (Phi) is 5.70. The Bertz CT molecular complexity index is 256. The SMILES string of the molecule is CCCC1CCC(NCC)C(N2CC(C)C(C)C2)C1. The largest absolute Gasteiger partial charge is 0.313 e. The molecule has 0 bridgehead atoms. The monoisotopic (exact) mass is 266 g/mol. The second kappa shape index (κ2) is 7.08. The molecule has 2 aliphatic rings. The van der Waals surface area contributed by atoms with Crippen LogP contribution in [0, 0.1) is 17.8 Å². The standard InChI is InChI=1S/C17H34N2/c1-5-7-15-8-9-16(18-6-2)17(10-15)19-11-13(3)14(4)12-19/h13-18H,5-12H2,1-4H3. The highest BCUT2D eigenvalue weighted by Crippen LogP contribution is 2.34. The van der Waals surface area contributed by atoms with E-state index in [-0.39, 0.29) is 0 Å². The Morgan fingerprint density at radius 2 is 1.74 bits per heavy atom. The maximum Gasteiger partial charge on any atom is 0.0252 e. The van der Waals surface area contributed by atoms with Crippen LogP contribution < -0.4 is 5.32 Å². The minimum Gasteiger partial charge on any atom is -0.313 e. The van der Waals surface area contributed by atoms with E-state index in [9.17, 15) is 0 Å². The molecule has 1 saturated carbocycles. The van der Waals surface area contributed by atoms with Crippen molar-refractivity contribution in [3.63, 3.8) is 0 Å². The smallest absolute Gasteiger partial charge is 0.0252 e. The Morgan fingerprint density at radius 3 is 2.32 bits per heavy atom. The van der Waals surface area contributed by atoms with Crippen LogP contribution in [0.1, 0.15) is 59.8 Å². The van der Waals surface area contributed by atoms with Crippen LogP contribution in [0.15, 0.2) is 0 Å². The molecule has 1 heterocycles. The summed E-state index contributed by atoms with van der Waals surface area (Å²) >= 11 is 0. The van der Waals surface area contributed by atoms with Crippen LogP contribution in [0.5, 0.6) is 0 Å². The van der Waals surface area contributed by atoms with E-state index in [1.54, 1.807) is 0 Å². The highest BCUT2D eigenvalue weighted by molar-refractivity contribution is 4.94. The molecule has 0 aromatic rings. The summed E-state index contributed by atoms with van der Waals surface area (Å²) in [6, 6.07) is 1.55. The lowest BCUT2D eigenvalue weighted by Crippen LogP contribution is -2.52. The van der Waals surface area contributed by atoms with Crippen LogP contribution in [-0.4, -0.2) is 36.6 Å². The summed E-state index contributed by atoms with van der Waals surface area (Å²) in [5.74, 6) is 2.75. The fourth-order valence-corrected chi connectivity index (χ4v) is 4.25. The molecule has 0 radical (unpaired) electrons. The van der Waals surface area contributed by atoms with Crippen LogP contribution in [0.25, 0.3) is 0 Å². The normalized spacial score (nSPS) is 40.7. The molecule has 5 unspecified atom stereocenters. The number of rotatable bonds is 5. The summed E-state index contributed by atoms with van der Waals surface area (Å²) < 4.78 is 0. The van der Waals surface area contributed by atoms with Crippen molar-refractivity contribution in [3.8, 4) is 0 Å². The first-order valence-corrected chi connectivity index (χ1v) is 8.63. The Labute approximate surface area is 120 Å². The second-order valence-corrected chi connectivity index (χ2v) is 7.11. The Balaban J connectivity index is 1.99. The van der Waals surface area contributed by atoms with Gasteiger partial charge < -0.3 is 5.32 Å². The zero-order valence-corrected chi connectivity index (χ0v) is 13.5. The third kappa shape index (κ3) is 3.72. The third-order valence-electron chi connectivity index (χ3n) is 5.57. The summed E-state index contributed by atoms with van der Waals surface area (Å²) in [6.45, 7) is 13.2. The first-order valence-electron chi connectivity index (χ1n) is 8.63. The van der Waals surface area contributed by atoms with E-state index in [1.807, 2.05) is 0 Å². The molecular formula is C17H34N2. The van der Waals surface area contributed by atoms with Gasteiger partial charge in [-0.05, 0) is 43.6 Å². The maximum absolute atomic E-state index is 3.76. The first kappa shape index (κ1) is 15.3. The van der Waals surface area contributed by atoms with Gasteiger partial charge in [-0.3, -0.25) is 4.90 Å². The van der Waals surface area contributed by atoms with E-state index in [1.165, 1.54) is 45.2 Å².